The zero-order valence-corrected chi connectivity index (χ0v) is 26.9. The minimum absolute atomic E-state index is 0.0586. The Balaban J connectivity index is 1.31. The Morgan fingerprint density at radius 1 is 1.22 bits per heavy atom. The highest BCUT2D eigenvalue weighted by Crippen LogP contribution is 2.55. The van der Waals surface area contributed by atoms with Crippen LogP contribution >= 0.6 is 11.3 Å². The highest BCUT2D eigenvalue weighted by Gasteiger charge is 2.49. The Bertz CT molecular complexity index is 2040. The van der Waals surface area contributed by atoms with E-state index in [0.29, 0.717) is 45.2 Å². The van der Waals surface area contributed by atoms with Crippen molar-refractivity contribution in [2.75, 3.05) is 26.4 Å². The summed E-state index contributed by atoms with van der Waals surface area (Å²) in [5, 5.41) is 28.0. The summed E-state index contributed by atoms with van der Waals surface area (Å²) in [6.07, 6.45) is 12.5. The number of rotatable bonds is 5. The summed E-state index contributed by atoms with van der Waals surface area (Å²) in [5.74, 6) is 1.48. The largest absolute Gasteiger partial charge is 0.389 e. The van der Waals surface area contributed by atoms with Gasteiger partial charge in [0.15, 0.2) is 28.7 Å². The number of nitriles is 1. The van der Waals surface area contributed by atoms with Crippen LogP contribution in [0.3, 0.4) is 0 Å². The third-order valence-electron chi connectivity index (χ3n) is 10.3. The van der Waals surface area contributed by atoms with Crippen LogP contribution in [0, 0.1) is 11.3 Å². The van der Waals surface area contributed by atoms with Crippen LogP contribution in [0.15, 0.2) is 23.1 Å². The number of nitrogens with two attached hydrogens (primary N) is 1. The van der Waals surface area contributed by atoms with Crippen LogP contribution in [0.2, 0.25) is 0 Å². The zero-order valence-electron chi connectivity index (χ0n) is 26.1. The first-order chi connectivity index (χ1) is 22.3. The molecule has 0 saturated carbocycles. The lowest BCUT2D eigenvalue weighted by Gasteiger charge is -2.39. The summed E-state index contributed by atoms with van der Waals surface area (Å²) < 4.78 is 9.87. The molecule has 0 radical (unpaired) electrons. The lowest BCUT2D eigenvalue weighted by molar-refractivity contribution is 0.0963. The van der Waals surface area contributed by atoms with E-state index in [1.807, 2.05) is 4.68 Å². The van der Waals surface area contributed by atoms with Gasteiger partial charge < -0.3 is 20.5 Å². The van der Waals surface area contributed by atoms with E-state index in [2.05, 4.69) is 40.5 Å². The van der Waals surface area contributed by atoms with Crippen molar-refractivity contribution < 1.29 is 9.32 Å². The van der Waals surface area contributed by atoms with Crippen LogP contribution in [0.25, 0.3) is 28.4 Å². The maximum absolute atomic E-state index is 12.4. The number of likely N-dealkylation sites (N-methyl/N-ethyl adjacent to an activating group) is 1. The van der Waals surface area contributed by atoms with Crippen molar-refractivity contribution in [1.82, 2.24) is 44.9 Å². The first-order valence-electron chi connectivity index (χ1n) is 15.9. The van der Waals surface area contributed by atoms with Gasteiger partial charge in [0.2, 0.25) is 0 Å². The number of fused-ring (bicyclic) bond motifs is 5. The van der Waals surface area contributed by atoms with Crippen molar-refractivity contribution in [2.45, 2.75) is 75.8 Å². The molecule has 1 fully saturated rings. The molecule has 13 nitrogen and oxygen atoms in total. The maximum Gasteiger partial charge on any atom is 0.254 e. The Morgan fingerprint density at radius 3 is 2.80 bits per heavy atom. The average Bonchev–Trinajstić information content (AvgIpc) is 3.89. The summed E-state index contributed by atoms with van der Waals surface area (Å²) in [4.78, 5) is 26.1. The molecule has 8 rings (SSSR count). The van der Waals surface area contributed by atoms with Crippen LogP contribution in [-0.4, -0.2) is 72.2 Å². The van der Waals surface area contributed by atoms with E-state index in [1.165, 1.54) is 22.4 Å². The van der Waals surface area contributed by atoms with Crippen molar-refractivity contribution in [3.05, 3.63) is 51.5 Å². The molecule has 3 aliphatic rings. The van der Waals surface area contributed by atoms with E-state index in [-0.39, 0.29) is 11.9 Å². The first-order valence-corrected chi connectivity index (χ1v) is 16.7. The third-order valence-corrected chi connectivity index (χ3v) is 11.4. The SMILES string of the molecule is CNC(=O)c1cnn(-c2nc(-c3noc4c3CCCC43CCCc4sc(N)c(C#N)c43)nc3c2cnn3C(C)C2CCCN2C)c1. The van der Waals surface area contributed by atoms with E-state index >= 15 is 0 Å². The second-order valence-electron chi connectivity index (χ2n) is 12.8. The summed E-state index contributed by atoms with van der Waals surface area (Å²) in [6.45, 7) is 3.23. The quantitative estimate of drug-likeness (QED) is 0.285. The van der Waals surface area contributed by atoms with Crippen molar-refractivity contribution >= 4 is 33.3 Å². The minimum atomic E-state index is -0.452. The van der Waals surface area contributed by atoms with Crippen molar-refractivity contribution in [1.29, 1.82) is 5.26 Å². The van der Waals surface area contributed by atoms with Gasteiger partial charge in [-0.25, -0.2) is 19.3 Å². The molecule has 6 heterocycles. The Labute approximate surface area is 269 Å². The van der Waals surface area contributed by atoms with Gasteiger partial charge in [0, 0.05) is 29.7 Å². The summed E-state index contributed by atoms with van der Waals surface area (Å²) in [6, 6.07) is 2.77. The van der Waals surface area contributed by atoms with E-state index < -0.39 is 5.41 Å². The van der Waals surface area contributed by atoms with Crippen LogP contribution in [0.4, 0.5) is 5.00 Å². The van der Waals surface area contributed by atoms with Gasteiger partial charge in [-0.05, 0) is 77.4 Å². The molecule has 0 bridgehead atoms. The Kier molecular flexibility index (Phi) is 6.73. The number of carbonyl (C=O) groups is 1. The molecule has 5 aromatic heterocycles. The number of likely N-dealkylation sites (tertiary alicyclic amines) is 1. The number of nitrogens with one attached hydrogen (secondary N) is 1. The van der Waals surface area contributed by atoms with Gasteiger partial charge in [-0.1, -0.05) is 5.16 Å². The fourth-order valence-corrected chi connectivity index (χ4v) is 9.28. The average molecular weight is 638 g/mol. The summed E-state index contributed by atoms with van der Waals surface area (Å²) in [5.41, 5.74) is 10.2. The van der Waals surface area contributed by atoms with Crippen LogP contribution in [0.5, 0.6) is 0 Å². The van der Waals surface area contributed by atoms with Gasteiger partial charge in [0.25, 0.3) is 5.91 Å². The Hall–Kier alpha value is -4.61. The molecule has 1 saturated heterocycles. The third kappa shape index (κ3) is 4.14. The highest BCUT2D eigenvalue weighted by molar-refractivity contribution is 7.16. The maximum atomic E-state index is 12.4. The molecule has 1 amide bonds. The van der Waals surface area contributed by atoms with Gasteiger partial charge in [0.1, 0.15) is 11.1 Å². The number of aryl methyl sites for hydroxylation is 1. The number of hydrogen-bond acceptors (Lipinski definition) is 11. The second-order valence-corrected chi connectivity index (χ2v) is 13.9. The number of thiophene rings is 1. The molecule has 3 atom stereocenters. The van der Waals surface area contributed by atoms with Crippen LogP contribution < -0.4 is 11.1 Å². The van der Waals surface area contributed by atoms with Crippen molar-refractivity contribution in [2.24, 2.45) is 0 Å². The van der Waals surface area contributed by atoms with Gasteiger partial charge in [-0.3, -0.25) is 4.79 Å². The zero-order chi connectivity index (χ0) is 31.7. The number of anilines is 1. The van der Waals surface area contributed by atoms with Crippen LogP contribution in [0.1, 0.15) is 89.2 Å². The van der Waals surface area contributed by atoms with Crippen molar-refractivity contribution in [3.8, 4) is 23.4 Å². The fraction of sp³-hybridized carbons (Fsp3) is 0.469. The predicted molar refractivity (Wildman–Crippen MR) is 172 cm³/mol. The fourth-order valence-electron chi connectivity index (χ4n) is 8.11. The van der Waals surface area contributed by atoms with Gasteiger partial charge in [-0.2, -0.15) is 15.5 Å². The molecule has 3 N–H and O–H groups in total. The molecular formula is C32H35N11O2S. The molecule has 1 spiro atoms. The lowest BCUT2D eigenvalue weighted by Crippen LogP contribution is -2.35. The standard InChI is InChI=1S/C32H35N11O2S/c1-17(22-8-6-12-41(22)3)43-30-21(15-37-43)29(42-16-18(14-36-42)31(44)35-2)38-28(39-30)25-19-7-4-10-32(26(19)45-40-25)11-5-9-23-24(32)20(13-33)27(34)46-23/h14-17,22H,4-12,34H2,1-3H3,(H,35,44). The van der Waals surface area contributed by atoms with Crippen molar-refractivity contribution in [3.63, 3.8) is 0 Å². The smallest absolute Gasteiger partial charge is 0.254 e. The first kappa shape index (κ1) is 28.8. The van der Waals surface area contributed by atoms with Gasteiger partial charge >= 0.3 is 0 Å². The molecule has 14 heteroatoms. The predicted octanol–water partition coefficient (Wildman–Crippen LogP) is 4.16. The topological polar surface area (TPSA) is 170 Å². The number of amides is 1. The molecule has 3 unspecified atom stereocenters. The molecule has 236 valence electrons. The number of nitrogen functional groups attached to an aromatic ring is 1. The van der Waals surface area contributed by atoms with Gasteiger partial charge in [-0.15, -0.1) is 11.3 Å². The number of nitrogens with zero attached hydrogens (tertiary/aromatic N) is 9. The van der Waals surface area contributed by atoms with Gasteiger partial charge in [0.05, 0.1) is 40.4 Å². The minimum Gasteiger partial charge on any atom is -0.389 e. The summed E-state index contributed by atoms with van der Waals surface area (Å²) >= 11 is 1.53. The lowest BCUT2D eigenvalue weighted by atomic mass is 9.63. The van der Waals surface area contributed by atoms with E-state index in [1.54, 1.807) is 24.1 Å². The molecular weight excluding hydrogens is 602 g/mol. The highest BCUT2D eigenvalue weighted by atomic mass is 32.1. The van der Waals surface area contributed by atoms with E-state index in [0.717, 1.165) is 80.2 Å². The summed E-state index contributed by atoms with van der Waals surface area (Å²) in [7, 11) is 3.74. The molecule has 46 heavy (non-hydrogen) atoms. The van der Waals surface area contributed by atoms with E-state index in [9.17, 15) is 10.1 Å². The number of carbonyl (C=O) groups excluding carboxylic acids is 1. The normalized spacial score (nSPS) is 21.7. The molecule has 5 aromatic rings. The molecule has 1 aliphatic heterocycles. The molecule has 0 aromatic carbocycles. The van der Waals surface area contributed by atoms with E-state index in [4.69, 9.17) is 25.3 Å². The Morgan fingerprint density at radius 2 is 2.04 bits per heavy atom. The number of hydrogen-bond donors (Lipinski definition) is 2. The number of aromatic nitrogens is 7. The second kappa shape index (κ2) is 10.7. The monoisotopic (exact) mass is 637 g/mol. The van der Waals surface area contributed by atoms with Crippen LogP contribution in [-0.2, 0) is 18.3 Å². The molecule has 2 aliphatic carbocycles.